The molecule has 1 saturated carbocycles. The summed E-state index contributed by atoms with van der Waals surface area (Å²) in [5.41, 5.74) is 0.298. The van der Waals surface area contributed by atoms with E-state index in [4.69, 9.17) is 11.6 Å². The number of halogens is 1. The molecule has 8 heteroatoms. The molecule has 4 rings (SSSR count). The normalized spacial score (nSPS) is 13.7. The number of hydrogen-bond donors (Lipinski definition) is 1. The maximum atomic E-state index is 12.7. The summed E-state index contributed by atoms with van der Waals surface area (Å²) >= 11 is 7.60. The molecule has 1 aromatic carbocycles. The van der Waals surface area contributed by atoms with Crippen molar-refractivity contribution in [3.63, 3.8) is 0 Å². The third-order valence-electron chi connectivity index (χ3n) is 4.25. The fourth-order valence-corrected chi connectivity index (χ4v) is 3.74. The van der Waals surface area contributed by atoms with Gasteiger partial charge < -0.3 is 5.32 Å². The van der Waals surface area contributed by atoms with Crippen molar-refractivity contribution >= 4 is 28.8 Å². The van der Waals surface area contributed by atoms with Crippen LogP contribution in [0.2, 0.25) is 5.02 Å². The average Bonchev–Trinajstić information content (AvgIpc) is 3.21. The van der Waals surface area contributed by atoms with Gasteiger partial charge in [0.05, 0.1) is 22.0 Å². The van der Waals surface area contributed by atoms with Crippen molar-refractivity contribution < 1.29 is 4.79 Å². The van der Waals surface area contributed by atoms with E-state index in [1.54, 1.807) is 40.2 Å². The Morgan fingerprint density at radius 1 is 1.27 bits per heavy atom. The number of amides is 1. The molecule has 0 saturated heterocycles. The molecule has 3 aromatic rings. The molecule has 6 nitrogen and oxygen atoms in total. The zero-order chi connectivity index (χ0) is 18.1. The first-order valence-corrected chi connectivity index (χ1v) is 9.67. The van der Waals surface area contributed by atoms with E-state index in [1.807, 2.05) is 17.5 Å². The minimum absolute atomic E-state index is 0.122. The van der Waals surface area contributed by atoms with Gasteiger partial charge in [0.1, 0.15) is 0 Å². The summed E-state index contributed by atoms with van der Waals surface area (Å²) in [6.45, 7) is 0.614. The van der Waals surface area contributed by atoms with Crippen LogP contribution in [0, 0.1) is 0 Å². The van der Waals surface area contributed by atoms with Gasteiger partial charge in [-0.1, -0.05) is 29.8 Å². The van der Waals surface area contributed by atoms with Crippen LogP contribution in [-0.2, 0) is 6.54 Å². The van der Waals surface area contributed by atoms with Gasteiger partial charge in [-0.05, 0) is 36.4 Å². The second-order valence-electron chi connectivity index (χ2n) is 6.14. The lowest BCUT2D eigenvalue weighted by Crippen LogP contribution is -2.32. The average molecular weight is 389 g/mol. The van der Waals surface area contributed by atoms with Crippen molar-refractivity contribution in [2.24, 2.45) is 0 Å². The van der Waals surface area contributed by atoms with E-state index in [1.165, 1.54) is 4.68 Å². The minimum atomic E-state index is -0.260. The topological polar surface area (TPSA) is 68.9 Å². The standard InChI is InChI=1S/C18H17ClN4O2S/c19-14-5-2-1-4-13(14)17(24)20-9-10-22-18(25)23(12-7-8-12)16(21-22)15-6-3-11-26-15/h1-6,11-12H,7-10H2,(H,20,24). The van der Waals surface area contributed by atoms with Crippen molar-refractivity contribution in [2.75, 3.05) is 6.54 Å². The number of thiophene rings is 1. The van der Waals surface area contributed by atoms with Crippen molar-refractivity contribution in [1.82, 2.24) is 19.7 Å². The number of carbonyl (C=O) groups is 1. The molecule has 2 aromatic heterocycles. The molecule has 134 valence electrons. The van der Waals surface area contributed by atoms with Crippen molar-refractivity contribution in [2.45, 2.75) is 25.4 Å². The number of carbonyl (C=O) groups excluding carboxylic acids is 1. The van der Waals surface area contributed by atoms with Gasteiger partial charge in [-0.25, -0.2) is 9.48 Å². The summed E-state index contributed by atoms with van der Waals surface area (Å²) in [6.07, 6.45) is 2.01. The highest BCUT2D eigenvalue weighted by molar-refractivity contribution is 7.13. The zero-order valence-electron chi connectivity index (χ0n) is 13.9. The zero-order valence-corrected chi connectivity index (χ0v) is 15.5. The molecule has 1 N–H and O–H groups in total. The Bertz CT molecular complexity index is 989. The van der Waals surface area contributed by atoms with Gasteiger partial charge in [0.2, 0.25) is 0 Å². The van der Waals surface area contributed by atoms with Crippen molar-refractivity contribution in [1.29, 1.82) is 0 Å². The first-order valence-electron chi connectivity index (χ1n) is 8.41. The monoisotopic (exact) mass is 388 g/mol. The van der Waals surface area contributed by atoms with Crippen LogP contribution in [-0.4, -0.2) is 26.8 Å². The second kappa shape index (κ2) is 7.09. The van der Waals surface area contributed by atoms with Crippen LogP contribution >= 0.6 is 22.9 Å². The third kappa shape index (κ3) is 3.32. The highest BCUT2D eigenvalue weighted by atomic mass is 35.5. The predicted octanol–water partition coefficient (Wildman–Crippen LogP) is 3.19. The summed E-state index contributed by atoms with van der Waals surface area (Å²) in [7, 11) is 0. The van der Waals surface area contributed by atoms with Crippen LogP contribution in [0.15, 0.2) is 46.6 Å². The molecule has 0 unspecified atom stereocenters. The largest absolute Gasteiger partial charge is 0.350 e. The number of hydrogen-bond acceptors (Lipinski definition) is 4. The number of rotatable bonds is 6. The van der Waals surface area contributed by atoms with E-state index < -0.39 is 0 Å². The number of nitrogens with zero attached hydrogens (tertiary/aromatic N) is 3. The Kier molecular flexibility index (Phi) is 4.65. The van der Waals surface area contributed by atoms with Gasteiger partial charge in [-0.15, -0.1) is 16.4 Å². The lowest BCUT2D eigenvalue weighted by atomic mass is 10.2. The van der Waals surface area contributed by atoms with E-state index in [9.17, 15) is 9.59 Å². The summed E-state index contributed by atoms with van der Waals surface area (Å²) in [4.78, 5) is 25.9. The third-order valence-corrected chi connectivity index (χ3v) is 5.45. The Morgan fingerprint density at radius 3 is 2.77 bits per heavy atom. The highest BCUT2D eigenvalue weighted by Crippen LogP contribution is 2.37. The fourth-order valence-electron chi connectivity index (χ4n) is 2.82. The SMILES string of the molecule is O=C(NCCn1nc(-c2cccs2)n(C2CC2)c1=O)c1ccccc1Cl. The van der Waals surface area contributed by atoms with E-state index in [0.29, 0.717) is 29.5 Å². The first kappa shape index (κ1) is 17.1. The summed E-state index contributed by atoms with van der Waals surface area (Å²) in [5, 5.41) is 9.67. The van der Waals surface area contributed by atoms with Crippen LogP contribution < -0.4 is 11.0 Å². The first-order chi connectivity index (χ1) is 12.6. The molecule has 2 heterocycles. The highest BCUT2D eigenvalue weighted by Gasteiger charge is 2.30. The molecule has 26 heavy (non-hydrogen) atoms. The van der Waals surface area contributed by atoms with Gasteiger partial charge in [-0.3, -0.25) is 9.36 Å². The van der Waals surface area contributed by atoms with E-state index in [2.05, 4.69) is 10.4 Å². The van der Waals surface area contributed by atoms with Gasteiger partial charge in [0.15, 0.2) is 5.82 Å². The molecule has 0 atom stereocenters. The van der Waals surface area contributed by atoms with Gasteiger partial charge in [0.25, 0.3) is 5.91 Å². The lowest BCUT2D eigenvalue weighted by Gasteiger charge is -2.06. The lowest BCUT2D eigenvalue weighted by molar-refractivity contribution is 0.0952. The van der Waals surface area contributed by atoms with Crippen molar-refractivity contribution in [3.8, 4) is 10.7 Å². The molecular formula is C18H17ClN4O2S. The van der Waals surface area contributed by atoms with E-state index >= 15 is 0 Å². The summed E-state index contributed by atoms with van der Waals surface area (Å²) < 4.78 is 3.21. The van der Waals surface area contributed by atoms with E-state index in [-0.39, 0.29) is 17.6 Å². The van der Waals surface area contributed by atoms with Crippen LogP contribution in [0.5, 0.6) is 0 Å². The van der Waals surface area contributed by atoms with Gasteiger partial charge >= 0.3 is 5.69 Å². The molecule has 0 bridgehead atoms. The van der Waals surface area contributed by atoms with Crippen LogP contribution in [0.3, 0.4) is 0 Å². The van der Waals surface area contributed by atoms with Crippen LogP contribution in [0.25, 0.3) is 10.7 Å². The second-order valence-corrected chi connectivity index (χ2v) is 7.50. The Hall–Kier alpha value is -2.38. The quantitative estimate of drug-likeness (QED) is 0.705. The van der Waals surface area contributed by atoms with Crippen molar-refractivity contribution in [3.05, 3.63) is 62.8 Å². The minimum Gasteiger partial charge on any atom is -0.350 e. The molecule has 1 aliphatic rings. The van der Waals surface area contributed by atoms with Crippen LogP contribution in [0.1, 0.15) is 29.2 Å². The Labute approximate surface area is 159 Å². The molecule has 1 amide bonds. The summed E-state index contributed by atoms with van der Waals surface area (Å²) in [5.74, 6) is 0.452. The fraction of sp³-hybridized carbons (Fsp3) is 0.278. The number of aromatic nitrogens is 3. The molecule has 1 aliphatic carbocycles. The maximum Gasteiger partial charge on any atom is 0.346 e. The molecule has 0 aliphatic heterocycles. The van der Waals surface area contributed by atoms with Gasteiger partial charge in [0, 0.05) is 12.6 Å². The Balaban J connectivity index is 1.49. The van der Waals surface area contributed by atoms with E-state index in [0.717, 1.165) is 17.7 Å². The number of benzene rings is 1. The molecule has 0 radical (unpaired) electrons. The summed E-state index contributed by atoms with van der Waals surface area (Å²) in [6, 6.07) is 11.0. The molecular weight excluding hydrogens is 372 g/mol. The van der Waals surface area contributed by atoms with Gasteiger partial charge in [-0.2, -0.15) is 0 Å². The Morgan fingerprint density at radius 2 is 2.08 bits per heavy atom. The smallest absolute Gasteiger partial charge is 0.346 e. The predicted molar refractivity (Wildman–Crippen MR) is 102 cm³/mol. The maximum absolute atomic E-state index is 12.7. The number of nitrogens with one attached hydrogen (secondary N) is 1. The molecule has 1 fully saturated rings. The molecule has 0 spiro atoms. The van der Waals surface area contributed by atoms with Crippen LogP contribution in [0.4, 0.5) is 0 Å².